The van der Waals surface area contributed by atoms with E-state index in [1.807, 2.05) is 0 Å². The number of Topliss-reactive ketones (excluding diaryl/α,β-unsaturated/α-hetero) is 1. The summed E-state index contributed by atoms with van der Waals surface area (Å²) in [6, 6.07) is 0.171. The first-order chi connectivity index (χ1) is 13.1. The van der Waals surface area contributed by atoms with Gasteiger partial charge in [0.1, 0.15) is 5.78 Å². The van der Waals surface area contributed by atoms with E-state index in [1.54, 1.807) is 13.8 Å². The van der Waals surface area contributed by atoms with Gasteiger partial charge in [-0.3, -0.25) is 14.4 Å². The van der Waals surface area contributed by atoms with Gasteiger partial charge in [0.2, 0.25) is 11.8 Å². The monoisotopic (exact) mass is 386 g/mol. The molecule has 3 saturated carbocycles. The normalized spacial score (nSPS) is 46.9. The summed E-state index contributed by atoms with van der Waals surface area (Å²) in [5.74, 6) is 2.00. The number of carbonyl (C=O) groups excluding carboxylic acids is 3. The lowest BCUT2D eigenvalue weighted by molar-refractivity contribution is -0.144. The van der Waals surface area contributed by atoms with E-state index in [2.05, 4.69) is 36.6 Å². The van der Waals surface area contributed by atoms with Crippen LogP contribution in [0.4, 0.5) is 0 Å². The second-order valence-electron chi connectivity index (χ2n) is 10.3. The van der Waals surface area contributed by atoms with Gasteiger partial charge < -0.3 is 10.6 Å². The van der Waals surface area contributed by atoms with Crippen molar-refractivity contribution < 1.29 is 14.4 Å². The molecule has 0 aliphatic heterocycles. The van der Waals surface area contributed by atoms with Crippen LogP contribution < -0.4 is 10.6 Å². The van der Waals surface area contributed by atoms with Crippen molar-refractivity contribution in [3.63, 3.8) is 0 Å². The molecule has 4 aliphatic rings. The zero-order valence-corrected chi connectivity index (χ0v) is 17.6. The highest BCUT2D eigenvalue weighted by Crippen LogP contribution is 2.64. The van der Waals surface area contributed by atoms with Crippen LogP contribution in [0.5, 0.6) is 0 Å². The molecular weight excluding hydrogens is 352 g/mol. The number of amides is 2. The van der Waals surface area contributed by atoms with Crippen LogP contribution in [0.15, 0.2) is 12.2 Å². The van der Waals surface area contributed by atoms with Gasteiger partial charge in [0.25, 0.3) is 0 Å². The Labute approximate surface area is 168 Å². The standard InChI is InChI=1S/C23H34N2O3/c1-13(26)24-19-12-15-11-16(28)7-9-22(15,3)18-8-10-23(4)17(21(18)19)5-6-20(23)25-14(2)27/h5-6,15,17-21H,7-12H2,1-4H3,(H,24,26)(H,25,27)/t15?,17-,18+,19?,20?,21-,22-,23-/m0/s1. The molecule has 28 heavy (non-hydrogen) atoms. The van der Waals surface area contributed by atoms with Gasteiger partial charge in [-0.05, 0) is 60.2 Å². The lowest BCUT2D eigenvalue weighted by Crippen LogP contribution is -2.63. The molecule has 2 N–H and O–H groups in total. The first-order valence-corrected chi connectivity index (χ1v) is 10.9. The molecule has 0 heterocycles. The molecule has 5 heteroatoms. The van der Waals surface area contributed by atoms with Crippen molar-refractivity contribution in [2.75, 3.05) is 0 Å². The fourth-order valence-corrected chi connectivity index (χ4v) is 7.35. The molecular formula is C23H34N2O3. The number of hydrogen-bond acceptors (Lipinski definition) is 3. The first kappa shape index (κ1) is 19.7. The van der Waals surface area contributed by atoms with Crippen molar-refractivity contribution in [1.82, 2.24) is 10.6 Å². The molecule has 3 unspecified atom stereocenters. The fraction of sp³-hybridized carbons (Fsp3) is 0.783. The molecule has 2 amide bonds. The summed E-state index contributed by atoms with van der Waals surface area (Å²) >= 11 is 0. The maximum Gasteiger partial charge on any atom is 0.217 e. The third-order valence-electron chi connectivity index (χ3n) is 8.80. The summed E-state index contributed by atoms with van der Waals surface area (Å²) in [5.41, 5.74) is 0.173. The minimum atomic E-state index is -0.00274. The summed E-state index contributed by atoms with van der Waals surface area (Å²) in [4.78, 5) is 36.0. The van der Waals surface area contributed by atoms with Gasteiger partial charge in [0.15, 0.2) is 0 Å². The molecule has 4 rings (SSSR count). The lowest BCUT2D eigenvalue weighted by Gasteiger charge is -2.62. The first-order valence-electron chi connectivity index (χ1n) is 10.9. The van der Waals surface area contributed by atoms with E-state index in [9.17, 15) is 14.4 Å². The predicted octanol–water partition coefficient (Wildman–Crippen LogP) is 2.99. The molecule has 4 aliphatic carbocycles. The van der Waals surface area contributed by atoms with Crippen LogP contribution in [-0.4, -0.2) is 29.7 Å². The zero-order valence-electron chi connectivity index (χ0n) is 17.6. The van der Waals surface area contributed by atoms with Gasteiger partial charge in [-0.2, -0.15) is 0 Å². The van der Waals surface area contributed by atoms with Gasteiger partial charge in [0.05, 0.1) is 6.04 Å². The Balaban J connectivity index is 1.69. The summed E-state index contributed by atoms with van der Waals surface area (Å²) in [6.45, 7) is 7.89. The van der Waals surface area contributed by atoms with Gasteiger partial charge in [-0.15, -0.1) is 0 Å². The molecule has 0 aromatic carbocycles. The minimum absolute atomic E-state index is 0.00274. The van der Waals surface area contributed by atoms with Gasteiger partial charge in [0, 0.05) is 32.7 Å². The number of allylic oxidation sites excluding steroid dienone is 1. The summed E-state index contributed by atoms with van der Waals surface area (Å²) in [6.07, 6.45) is 9.91. The topological polar surface area (TPSA) is 75.3 Å². The quantitative estimate of drug-likeness (QED) is 0.717. The Morgan fingerprint density at radius 3 is 2.43 bits per heavy atom. The number of rotatable bonds is 2. The second kappa shape index (κ2) is 6.70. The van der Waals surface area contributed by atoms with Gasteiger partial charge >= 0.3 is 0 Å². The third kappa shape index (κ3) is 2.93. The van der Waals surface area contributed by atoms with E-state index >= 15 is 0 Å². The van der Waals surface area contributed by atoms with E-state index in [-0.39, 0.29) is 34.7 Å². The molecule has 0 aromatic rings. The SMILES string of the molecule is CC(=O)NC1CC2CC(=O)CC[C@]2(C)[C@@H]2CC[C@]3(C)C(NC(C)=O)C=C[C@H]3[C@H]12. The molecule has 0 aromatic heterocycles. The molecule has 5 nitrogen and oxygen atoms in total. The largest absolute Gasteiger partial charge is 0.353 e. The molecule has 0 radical (unpaired) electrons. The van der Waals surface area contributed by atoms with E-state index in [0.29, 0.717) is 42.3 Å². The zero-order chi connectivity index (χ0) is 20.3. The maximum atomic E-state index is 12.2. The van der Waals surface area contributed by atoms with Crippen LogP contribution in [0.2, 0.25) is 0 Å². The summed E-state index contributed by atoms with van der Waals surface area (Å²) < 4.78 is 0. The summed E-state index contributed by atoms with van der Waals surface area (Å²) in [7, 11) is 0. The second-order valence-corrected chi connectivity index (χ2v) is 10.3. The van der Waals surface area contributed by atoms with E-state index in [4.69, 9.17) is 0 Å². The number of fused-ring (bicyclic) bond motifs is 5. The third-order valence-corrected chi connectivity index (χ3v) is 8.80. The van der Waals surface area contributed by atoms with Crippen molar-refractivity contribution >= 4 is 17.6 Å². The highest BCUT2D eigenvalue weighted by molar-refractivity contribution is 5.80. The van der Waals surface area contributed by atoms with Crippen LogP contribution >= 0.6 is 0 Å². The number of nitrogens with one attached hydrogen (secondary N) is 2. The smallest absolute Gasteiger partial charge is 0.217 e. The van der Waals surface area contributed by atoms with Crippen molar-refractivity contribution in [3.8, 4) is 0 Å². The van der Waals surface area contributed by atoms with Crippen molar-refractivity contribution in [1.29, 1.82) is 0 Å². The van der Waals surface area contributed by atoms with Crippen molar-refractivity contribution in [2.45, 2.75) is 78.3 Å². The Morgan fingerprint density at radius 2 is 1.75 bits per heavy atom. The van der Waals surface area contributed by atoms with Crippen LogP contribution in [-0.2, 0) is 14.4 Å². The average molecular weight is 387 g/mol. The van der Waals surface area contributed by atoms with Gasteiger partial charge in [-0.25, -0.2) is 0 Å². The number of ketones is 1. The van der Waals surface area contributed by atoms with Crippen LogP contribution in [0.1, 0.15) is 66.2 Å². The van der Waals surface area contributed by atoms with Crippen LogP contribution in [0.25, 0.3) is 0 Å². The number of hydrogen-bond donors (Lipinski definition) is 2. The Kier molecular flexibility index (Phi) is 4.71. The van der Waals surface area contributed by atoms with Crippen molar-refractivity contribution in [2.24, 2.45) is 34.5 Å². The van der Waals surface area contributed by atoms with E-state index in [1.165, 1.54) is 0 Å². The van der Waals surface area contributed by atoms with E-state index < -0.39 is 0 Å². The minimum Gasteiger partial charge on any atom is -0.353 e. The Morgan fingerprint density at radius 1 is 1.04 bits per heavy atom. The van der Waals surface area contributed by atoms with Crippen molar-refractivity contribution in [3.05, 3.63) is 12.2 Å². The molecule has 0 saturated heterocycles. The molecule has 8 atom stereocenters. The lowest BCUT2D eigenvalue weighted by atomic mass is 9.44. The highest BCUT2D eigenvalue weighted by Gasteiger charge is 2.61. The van der Waals surface area contributed by atoms with Crippen LogP contribution in [0, 0.1) is 34.5 Å². The highest BCUT2D eigenvalue weighted by atomic mass is 16.2. The fourth-order valence-electron chi connectivity index (χ4n) is 7.35. The Hall–Kier alpha value is -1.65. The molecule has 0 bridgehead atoms. The van der Waals surface area contributed by atoms with Gasteiger partial charge in [-0.1, -0.05) is 26.0 Å². The molecule has 0 spiro atoms. The van der Waals surface area contributed by atoms with Crippen LogP contribution in [0.3, 0.4) is 0 Å². The predicted molar refractivity (Wildman–Crippen MR) is 107 cm³/mol. The maximum absolute atomic E-state index is 12.2. The molecule has 154 valence electrons. The molecule has 3 fully saturated rings. The van der Waals surface area contributed by atoms with E-state index in [0.717, 1.165) is 25.7 Å². The Bertz CT molecular complexity index is 731. The average Bonchev–Trinajstić information content (AvgIpc) is 2.92. The summed E-state index contributed by atoms with van der Waals surface area (Å²) in [5, 5.41) is 6.41. The number of carbonyl (C=O) groups is 3.